The topological polar surface area (TPSA) is 59.8 Å². The Hall–Kier alpha value is -2.24. The van der Waals surface area contributed by atoms with Crippen LogP contribution in [0.1, 0.15) is 54.6 Å². The third-order valence-electron chi connectivity index (χ3n) is 4.87. The first-order valence-corrected chi connectivity index (χ1v) is 9.13. The van der Waals surface area contributed by atoms with Crippen molar-refractivity contribution in [3.8, 4) is 0 Å². The van der Waals surface area contributed by atoms with Crippen molar-refractivity contribution in [1.82, 2.24) is 20.3 Å². The van der Waals surface area contributed by atoms with E-state index in [9.17, 15) is 9.18 Å². The second kappa shape index (κ2) is 8.74. The van der Waals surface area contributed by atoms with Gasteiger partial charge in [-0.05, 0) is 36.5 Å². The van der Waals surface area contributed by atoms with E-state index in [1.54, 1.807) is 23.0 Å². The van der Waals surface area contributed by atoms with Crippen LogP contribution in [-0.4, -0.2) is 27.4 Å². The third-order valence-corrected chi connectivity index (χ3v) is 4.87. The molecule has 25 heavy (non-hydrogen) atoms. The Kier molecular flexibility index (Phi) is 6.14. The molecule has 1 heterocycles. The molecule has 5 nitrogen and oxygen atoms in total. The molecule has 1 aliphatic carbocycles. The van der Waals surface area contributed by atoms with Crippen molar-refractivity contribution in [3.05, 3.63) is 47.5 Å². The summed E-state index contributed by atoms with van der Waals surface area (Å²) in [5.74, 6) is 0.314. The van der Waals surface area contributed by atoms with Gasteiger partial charge < -0.3 is 5.32 Å². The maximum atomic E-state index is 12.9. The Morgan fingerprint density at radius 2 is 1.96 bits per heavy atom. The van der Waals surface area contributed by atoms with Gasteiger partial charge in [0.1, 0.15) is 5.82 Å². The molecule has 1 amide bonds. The molecule has 1 aromatic heterocycles. The van der Waals surface area contributed by atoms with Crippen LogP contribution < -0.4 is 5.32 Å². The van der Waals surface area contributed by atoms with Crippen molar-refractivity contribution in [1.29, 1.82) is 0 Å². The number of hydrogen-bond acceptors (Lipinski definition) is 3. The lowest BCUT2D eigenvalue weighted by atomic mass is 9.87. The first kappa shape index (κ1) is 17.6. The molecule has 1 saturated carbocycles. The second-order valence-corrected chi connectivity index (χ2v) is 6.79. The standard InChI is InChI=1S/C19H25FN4O/c20-17-8-6-16(7-9-17)10-12-21-19(25)18-14-24(23-22-18)13-11-15-4-2-1-3-5-15/h6-9,14-15H,1-5,10-13H2,(H,21,25). The van der Waals surface area contributed by atoms with Gasteiger partial charge in [-0.2, -0.15) is 0 Å². The van der Waals surface area contributed by atoms with Gasteiger partial charge in [-0.1, -0.05) is 49.5 Å². The van der Waals surface area contributed by atoms with E-state index in [-0.39, 0.29) is 11.7 Å². The number of amides is 1. The smallest absolute Gasteiger partial charge is 0.273 e. The highest BCUT2D eigenvalue weighted by Crippen LogP contribution is 2.26. The van der Waals surface area contributed by atoms with Crippen molar-refractivity contribution in [3.63, 3.8) is 0 Å². The highest BCUT2D eigenvalue weighted by atomic mass is 19.1. The molecule has 0 radical (unpaired) electrons. The molecule has 1 aliphatic rings. The van der Waals surface area contributed by atoms with E-state index in [0.717, 1.165) is 24.4 Å². The lowest BCUT2D eigenvalue weighted by molar-refractivity contribution is 0.0949. The number of carbonyl (C=O) groups excluding carboxylic acids is 1. The Labute approximate surface area is 147 Å². The van der Waals surface area contributed by atoms with Crippen molar-refractivity contribution < 1.29 is 9.18 Å². The second-order valence-electron chi connectivity index (χ2n) is 6.79. The summed E-state index contributed by atoms with van der Waals surface area (Å²) < 4.78 is 14.6. The lowest BCUT2D eigenvalue weighted by Gasteiger charge is -2.20. The fourth-order valence-electron chi connectivity index (χ4n) is 3.36. The quantitative estimate of drug-likeness (QED) is 0.838. The molecule has 1 N–H and O–H groups in total. The number of rotatable bonds is 7. The zero-order chi connectivity index (χ0) is 17.5. The maximum absolute atomic E-state index is 12.9. The summed E-state index contributed by atoms with van der Waals surface area (Å²) in [4.78, 5) is 12.1. The molecular formula is C19H25FN4O. The summed E-state index contributed by atoms with van der Waals surface area (Å²) in [6.07, 6.45) is 10.1. The van der Waals surface area contributed by atoms with Gasteiger partial charge in [0.25, 0.3) is 5.91 Å². The minimum Gasteiger partial charge on any atom is -0.350 e. The van der Waals surface area contributed by atoms with Crippen molar-refractivity contribution in [2.45, 2.75) is 51.5 Å². The molecule has 0 spiro atoms. The zero-order valence-electron chi connectivity index (χ0n) is 14.5. The van der Waals surface area contributed by atoms with E-state index in [2.05, 4.69) is 15.6 Å². The predicted octanol–water partition coefficient (Wildman–Crippen LogP) is 3.36. The summed E-state index contributed by atoms with van der Waals surface area (Å²) in [6, 6.07) is 6.30. The first-order chi connectivity index (χ1) is 12.2. The fraction of sp³-hybridized carbons (Fsp3) is 0.526. The lowest BCUT2D eigenvalue weighted by Crippen LogP contribution is -2.26. The molecule has 0 saturated heterocycles. The van der Waals surface area contributed by atoms with Crippen LogP contribution in [0.25, 0.3) is 0 Å². The highest BCUT2D eigenvalue weighted by Gasteiger charge is 2.15. The summed E-state index contributed by atoms with van der Waals surface area (Å²) in [7, 11) is 0. The number of halogens is 1. The summed E-state index contributed by atoms with van der Waals surface area (Å²) in [5, 5.41) is 10.9. The predicted molar refractivity (Wildman–Crippen MR) is 93.7 cm³/mol. The van der Waals surface area contributed by atoms with Gasteiger partial charge in [0, 0.05) is 13.1 Å². The van der Waals surface area contributed by atoms with Gasteiger partial charge in [0.2, 0.25) is 0 Å². The normalized spacial score (nSPS) is 15.2. The summed E-state index contributed by atoms with van der Waals surface area (Å²) >= 11 is 0. The largest absolute Gasteiger partial charge is 0.350 e. The first-order valence-electron chi connectivity index (χ1n) is 9.13. The zero-order valence-corrected chi connectivity index (χ0v) is 14.5. The van der Waals surface area contributed by atoms with E-state index in [4.69, 9.17) is 0 Å². The monoisotopic (exact) mass is 344 g/mol. The number of benzene rings is 1. The van der Waals surface area contributed by atoms with E-state index in [1.165, 1.54) is 44.2 Å². The van der Waals surface area contributed by atoms with E-state index >= 15 is 0 Å². The highest BCUT2D eigenvalue weighted by molar-refractivity contribution is 5.91. The molecule has 1 fully saturated rings. The van der Waals surface area contributed by atoms with Crippen LogP contribution in [0.3, 0.4) is 0 Å². The average Bonchev–Trinajstić information content (AvgIpc) is 3.12. The molecule has 6 heteroatoms. The molecule has 134 valence electrons. The number of aromatic nitrogens is 3. The summed E-state index contributed by atoms with van der Waals surface area (Å²) in [5.41, 5.74) is 1.33. The van der Waals surface area contributed by atoms with Crippen LogP contribution in [0, 0.1) is 11.7 Å². The van der Waals surface area contributed by atoms with Crippen LogP contribution in [-0.2, 0) is 13.0 Å². The molecule has 2 aromatic rings. The Morgan fingerprint density at radius 1 is 1.20 bits per heavy atom. The average molecular weight is 344 g/mol. The van der Waals surface area contributed by atoms with Gasteiger partial charge in [-0.25, -0.2) is 4.39 Å². The SMILES string of the molecule is O=C(NCCc1ccc(F)cc1)c1cn(CCC2CCCCC2)nn1. The molecule has 1 aromatic carbocycles. The number of aryl methyl sites for hydroxylation is 1. The van der Waals surface area contributed by atoms with E-state index in [1.807, 2.05) is 0 Å². The van der Waals surface area contributed by atoms with Gasteiger partial charge in [0.15, 0.2) is 5.69 Å². The number of nitrogens with one attached hydrogen (secondary N) is 1. The number of carbonyl (C=O) groups is 1. The molecule has 0 atom stereocenters. The fourth-order valence-corrected chi connectivity index (χ4v) is 3.36. The number of nitrogens with zero attached hydrogens (tertiary/aromatic N) is 3. The van der Waals surface area contributed by atoms with Crippen molar-refractivity contribution >= 4 is 5.91 Å². The molecule has 0 aliphatic heterocycles. The molecule has 3 rings (SSSR count). The maximum Gasteiger partial charge on any atom is 0.273 e. The van der Waals surface area contributed by atoms with Gasteiger partial charge in [0.05, 0.1) is 6.20 Å². The van der Waals surface area contributed by atoms with E-state index < -0.39 is 0 Å². The van der Waals surface area contributed by atoms with Gasteiger partial charge in [-0.3, -0.25) is 9.48 Å². The van der Waals surface area contributed by atoms with Gasteiger partial charge in [-0.15, -0.1) is 5.10 Å². The molecule has 0 bridgehead atoms. The summed E-state index contributed by atoms with van der Waals surface area (Å²) in [6.45, 7) is 1.31. The Balaban J connectivity index is 1.41. The van der Waals surface area contributed by atoms with Crippen LogP contribution >= 0.6 is 0 Å². The minimum atomic E-state index is -0.252. The van der Waals surface area contributed by atoms with Crippen LogP contribution in [0.5, 0.6) is 0 Å². The van der Waals surface area contributed by atoms with Crippen molar-refractivity contribution in [2.24, 2.45) is 5.92 Å². The molecule has 0 unspecified atom stereocenters. The van der Waals surface area contributed by atoms with E-state index in [0.29, 0.717) is 18.7 Å². The number of hydrogen-bond donors (Lipinski definition) is 1. The van der Waals surface area contributed by atoms with Crippen LogP contribution in [0.15, 0.2) is 30.5 Å². The van der Waals surface area contributed by atoms with Crippen LogP contribution in [0.4, 0.5) is 4.39 Å². The van der Waals surface area contributed by atoms with Crippen molar-refractivity contribution in [2.75, 3.05) is 6.54 Å². The third kappa shape index (κ3) is 5.37. The van der Waals surface area contributed by atoms with Crippen LogP contribution in [0.2, 0.25) is 0 Å². The molecular weight excluding hydrogens is 319 g/mol. The minimum absolute atomic E-state index is 0.217. The Morgan fingerprint density at radius 3 is 2.72 bits per heavy atom. The van der Waals surface area contributed by atoms with Gasteiger partial charge >= 0.3 is 0 Å². The Bertz CT molecular complexity index is 677.